The third-order valence-electron chi connectivity index (χ3n) is 4.29. The number of hydrogen-bond acceptors (Lipinski definition) is 2. The molecule has 2 rings (SSSR count). The van der Waals surface area contributed by atoms with Gasteiger partial charge in [0.05, 0.1) is 11.7 Å². The van der Waals surface area contributed by atoms with E-state index in [-0.39, 0.29) is 5.41 Å². The van der Waals surface area contributed by atoms with E-state index in [4.69, 9.17) is 16.7 Å². The average molecular weight is 298 g/mol. The van der Waals surface area contributed by atoms with Crippen LogP contribution >= 0.6 is 11.6 Å². The molecule has 1 aliphatic rings. The zero-order chi connectivity index (χ0) is 14.4. The summed E-state index contributed by atoms with van der Waals surface area (Å²) < 4.78 is 2.18. The van der Waals surface area contributed by atoms with Crippen LogP contribution in [0.3, 0.4) is 0 Å². The number of alkyl halides is 1. The van der Waals surface area contributed by atoms with Gasteiger partial charge in [0.2, 0.25) is 0 Å². The number of hydrogen-bond donors (Lipinski definition) is 1. The molecule has 0 atom stereocenters. The Bertz CT molecular complexity index is 394. The second kappa shape index (κ2) is 7.46. The van der Waals surface area contributed by atoms with Gasteiger partial charge in [-0.3, -0.25) is 4.68 Å². The summed E-state index contributed by atoms with van der Waals surface area (Å²) in [6, 6.07) is 2.78. The van der Waals surface area contributed by atoms with Crippen molar-refractivity contribution in [2.45, 2.75) is 65.0 Å². The Hall–Kier alpha value is -0.540. The first kappa shape index (κ1) is 15.8. The number of rotatable bonds is 7. The standard InChI is InChI=1S/C16H28ClN3/c1-16(2,9-10-17)13-18-12-14-8-11-20(19-14)15-6-4-3-5-7-15/h8,11,15,18H,3-7,9-10,12-13H2,1-2H3. The van der Waals surface area contributed by atoms with Crippen LogP contribution in [-0.2, 0) is 6.54 Å². The predicted molar refractivity (Wildman–Crippen MR) is 85.2 cm³/mol. The monoisotopic (exact) mass is 297 g/mol. The largest absolute Gasteiger partial charge is 0.311 e. The lowest BCUT2D eigenvalue weighted by molar-refractivity contribution is 0.321. The molecule has 0 aromatic carbocycles. The molecule has 0 spiro atoms. The van der Waals surface area contributed by atoms with Gasteiger partial charge in [-0.2, -0.15) is 5.10 Å². The van der Waals surface area contributed by atoms with Crippen LogP contribution < -0.4 is 5.32 Å². The quantitative estimate of drug-likeness (QED) is 0.767. The fourth-order valence-corrected chi connectivity index (χ4v) is 3.41. The number of nitrogens with zero attached hydrogens (tertiary/aromatic N) is 2. The SMILES string of the molecule is CC(C)(CCCl)CNCc1ccn(C2CCCCC2)n1. The summed E-state index contributed by atoms with van der Waals surface area (Å²) in [5, 5.41) is 8.24. The number of nitrogens with one attached hydrogen (secondary N) is 1. The highest BCUT2D eigenvalue weighted by Crippen LogP contribution is 2.27. The molecule has 1 heterocycles. The van der Waals surface area contributed by atoms with E-state index in [1.54, 1.807) is 0 Å². The fourth-order valence-electron chi connectivity index (χ4n) is 2.89. The van der Waals surface area contributed by atoms with Gasteiger partial charge in [-0.1, -0.05) is 33.1 Å². The van der Waals surface area contributed by atoms with E-state index in [1.807, 2.05) is 0 Å². The lowest BCUT2D eigenvalue weighted by Gasteiger charge is -2.23. The average Bonchev–Trinajstić information content (AvgIpc) is 2.88. The molecule has 0 amide bonds. The second-order valence-corrected chi connectivity index (χ2v) is 7.16. The van der Waals surface area contributed by atoms with E-state index in [0.717, 1.165) is 31.1 Å². The molecule has 1 aromatic rings. The predicted octanol–water partition coefficient (Wildman–Crippen LogP) is 4.13. The van der Waals surface area contributed by atoms with Crippen molar-refractivity contribution in [1.29, 1.82) is 0 Å². The Labute approximate surface area is 128 Å². The molecule has 1 N–H and O–H groups in total. The van der Waals surface area contributed by atoms with E-state index in [9.17, 15) is 0 Å². The first-order valence-corrected chi connectivity index (χ1v) is 8.45. The molecule has 0 radical (unpaired) electrons. The van der Waals surface area contributed by atoms with Crippen LogP contribution in [0, 0.1) is 5.41 Å². The minimum absolute atomic E-state index is 0.258. The van der Waals surface area contributed by atoms with Crippen molar-refractivity contribution in [2.24, 2.45) is 5.41 Å². The third-order valence-corrected chi connectivity index (χ3v) is 4.48. The highest BCUT2D eigenvalue weighted by Gasteiger charge is 2.18. The van der Waals surface area contributed by atoms with Crippen molar-refractivity contribution >= 4 is 11.6 Å². The summed E-state index contributed by atoms with van der Waals surface area (Å²) >= 11 is 5.83. The molecular weight excluding hydrogens is 270 g/mol. The normalized spacial score (nSPS) is 17.6. The van der Waals surface area contributed by atoms with Gasteiger partial charge in [0.1, 0.15) is 0 Å². The maximum Gasteiger partial charge on any atom is 0.0762 e. The van der Waals surface area contributed by atoms with Crippen LogP contribution in [-0.4, -0.2) is 22.2 Å². The number of aromatic nitrogens is 2. The van der Waals surface area contributed by atoms with Crippen LogP contribution in [0.5, 0.6) is 0 Å². The second-order valence-electron chi connectivity index (χ2n) is 6.79. The molecule has 0 saturated heterocycles. The topological polar surface area (TPSA) is 29.9 Å². The molecule has 1 saturated carbocycles. The first-order chi connectivity index (χ1) is 9.61. The molecule has 4 heteroatoms. The molecular formula is C16H28ClN3. The van der Waals surface area contributed by atoms with Crippen molar-refractivity contribution in [2.75, 3.05) is 12.4 Å². The Balaban J connectivity index is 1.78. The Morgan fingerprint density at radius 3 is 2.80 bits per heavy atom. The molecule has 1 fully saturated rings. The zero-order valence-electron chi connectivity index (χ0n) is 12.9. The van der Waals surface area contributed by atoms with Crippen molar-refractivity contribution in [1.82, 2.24) is 15.1 Å². The molecule has 1 aliphatic carbocycles. The first-order valence-electron chi connectivity index (χ1n) is 7.91. The van der Waals surface area contributed by atoms with E-state index in [1.165, 1.54) is 32.1 Å². The molecule has 20 heavy (non-hydrogen) atoms. The van der Waals surface area contributed by atoms with Crippen molar-refractivity contribution in [3.05, 3.63) is 18.0 Å². The summed E-state index contributed by atoms with van der Waals surface area (Å²) in [6.07, 6.45) is 9.86. The summed E-state index contributed by atoms with van der Waals surface area (Å²) in [5.74, 6) is 0.727. The highest BCUT2D eigenvalue weighted by atomic mass is 35.5. The van der Waals surface area contributed by atoms with Crippen molar-refractivity contribution < 1.29 is 0 Å². The summed E-state index contributed by atoms with van der Waals surface area (Å²) in [4.78, 5) is 0. The van der Waals surface area contributed by atoms with Gasteiger partial charge < -0.3 is 5.32 Å². The Morgan fingerprint density at radius 1 is 1.35 bits per heavy atom. The van der Waals surface area contributed by atoms with Crippen LogP contribution in [0.25, 0.3) is 0 Å². The van der Waals surface area contributed by atoms with E-state index in [0.29, 0.717) is 6.04 Å². The lowest BCUT2D eigenvalue weighted by atomic mass is 9.90. The van der Waals surface area contributed by atoms with Gasteiger partial charge >= 0.3 is 0 Å². The van der Waals surface area contributed by atoms with E-state index < -0.39 is 0 Å². The third kappa shape index (κ3) is 4.78. The number of halogens is 1. The fraction of sp³-hybridized carbons (Fsp3) is 0.812. The van der Waals surface area contributed by atoms with Gasteiger partial charge in [-0.25, -0.2) is 0 Å². The van der Waals surface area contributed by atoms with Gasteiger partial charge in [0.15, 0.2) is 0 Å². The van der Waals surface area contributed by atoms with E-state index in [2.05, 4.69) is 36.1 Å². The minimum Gasteiger partial charge on any atom is -0.311 e. The van der Waals surface area contributed by atoms with Gasteiger partial charge in [-0.15, -0.1) is 11.6 Å². The molecule has 1 aromatic heterocycles. The molecule has 0 bridgehead atoms. The minimum atomic E-state index is 0.258. The molecule has 0 unspecified atom stereocenters. The molecule has 0 aliphatic heterocycles. The summed E-state index contributed by atoms with van der Waals surface area (Å²) in [6.45, 7) is 6.34. The Kier molecular flexibility index (Phi) is 5.91. The van der Waals surface area contributed by atoms with Crippen LogP contribution in [0.15, 0.2) is 12.3 Å². The van der Waals surface area contributed by atoms with Gasteiger partial charge in [0.25, 0.3) is 0 Å². The Morgan fingerprint density at radius 2 is 2.10 bits per heavy atom. The lowest BCUT2D eigenvalue weighted by Crippen LogP contribution is -2.29. The molecule has 3 nitrogen and oxygen atoms in total. The van der Waals surface area contributed by atoms with E-state index >= 15 is 0 Å². The smallest absolute Gasteiger partial charge is 0.0762 e. The van der Waals surface area contributed by atoms with Gasteiger partial charge in [-0.05, 0) is 30.7 Å². The van der Waals surface area contributed by atoms with Crippen molar-refractivity contribution in [3.63, 3.8) is 0 Å². The highest BCUT2D eigenvalue weighted by molar-refractivity contribution is 6.17. The van der Waals surface area contributed by atoms with Gasteiger partial charge in [0, 0.05) is 25.2 Å². The van der Waals surface area contributed by atoms with Crippen LogP contribution in [0.4, 0.5) is 0 Å². The molecule has 114 valence electrons. The van der Waals surface area contributed by atoms with Crippen LogP contribution in [0.1, 0.15) is 64.1 Å². The maximum atomic E-state index is 5.83. The van der Waals surface area contributed by atoms with Crippen molar-refractivity contribution in [3.8, 4) is 0 Å². The van der Waals surface area contributed by atoms with Crippen LogP contribution in [0.2, 0.25) is 0 Å². The summed E-state index contributed by atoms with van der Waals surface area (Å²) in [7, 11) is 0. The summed E-state index contributed by atoms with van der Waals surface area (Å²) in [5.41, 5.74) is 1.41. The zero-order valence-corrected chi connectivity index (χ0v) is 13.6. The maximum absolute atomic E-state index is 5.83.